The minimum absolute atomic E-state index is 0.0326. The standard InChI is InChI=1S/C23H24N4O2S2/c1-14-8-9-16(12-15(14)2)27(11-5-10-24)19(28)13-30-23-25-21-20(22(29)26(23)3)17-6-4-7-18(17)31-21/h8-9,12H,4-7,11,13H2,1-3H3. The van der Waals surface area contributed by atoms with Gasteiger partial charge in [-0.1, -0.05) is 17.8 Å². The van der Waals surface area contributed by atoms with Gasteiger partial charge in [0.1, 0.15) is 4.83 Å². The first-order valence-corrected chi connectivity index (χ1v) is 12.1. The second-order valence-electron chi connectivity index (χ2n) is 7.81. The van der Waals surface area contributed by atoms with Gasteiger partial charge in [0.25, 0.3) is 5.56 Å². The van der Waals surface area contributed by atoms with Crippen molar-refractivity contribution in [1.82, 2.24) is 9.55 Å². The molecule has 6 nitrogen and oxygen atoms in total. The highest BCUT2D eigenvalue weighted by Gasteiger charge is 2.23. The van der Waals surface area contributed by atoms with Gasteiger partial charge in [0.15, 0.2) is 5.16 Å². The third-order valence-electron chi connectivity index (χ3n) is 5.78. The Kier molecular flexibility index (Phi) is 6.17. The number of hydrogen-bond acceptors (Lipinski definition) is 6. The molecule has 0 radical (unpaired) electrons. The summed E-state index contributed by atoms with van der Waals surface area (Å²) < 4.78 is 1.56. The summed E-state index contributed by atoms with van der Waals surface area (Å²) >= 11 is 2.88. The highest BCUT2D eigenvalue weighted by Crippen LogP contribution is 2.35. The van der Waals surface area contributed by atoms with Crippen molar-refractivity contribution in [1.29, 1.82) is 5.26 Å². The number of nitriles is 1. The van der Waals surface area contributed by atoms with Crippen molar-refractivity contribution in [3.05, 3.63) is 50.1 Å². The van der Waals surface area contributed by atoms with Crippen molar-refractivity contribution in [2.45, 2.75) is 44.7 Å². The molecule has 0 atom stereocenters. The Morgan fingerprint density at radius 1 is 1.32 bits per heavy atom. The van der Waals surface area contributed by atoms with Crippen LogP contribution in [0.25, 0.3) is 10.2 Å². The number of carbonyl (C=O) groups excluding carboxylic acids is 1. The van der Waals surface area contributed by atoms with Crippen molar-refractivity contribution in [2.75, 3.05) is 17.2 Å². The number of hydrogen-bond donors (Lipinski definition) is 0. The second kappa shape index (κ2) is 8.85. The van der Waals surface area contributed by atoms with E-state index in [0.717, 1.165) is 51.9 Å². The first-order valence-electron chi connectivity index (χ1n) is 10.3. The molecule has 2 aromatic heterocycles. The summed E-state index contributed by atoms with van der Waals surface area (Å²) in [6.07, 6.45) is 3.32. The molecule has 1 amide bonds. The molecular formula is C23H24N4O2S2. The van der Waals surface area contributed by atoms with E-state index >= 15 is 0 Å². The van der Waals surface area contributed by atoms with Crippen LogP contribution >= 0.6 is 23.1 Å². The molecule has 160 valence electrons. The summed E-state index contributed by atoms with van der Waals surface area (Å²) in [5.74, 6) is 0.0430. The maximum absolute atomic E-state index is 13.1. The zero-order chi connectivity index (χ0) is 22.1. The number of fused-ring (bicyclic) bond motifs is 3. The molecule has 31 heavy (non-hydrogen) atoms. The van der Waals surface area contributed by atoms with Gasteiger partial charge in [-0.3, -0.25) is 14.2 Å². The van der Waals surface area contributed by atoms with Crippen LogP contribution in [-0.2, 0) is 24.7 Å². The molecule has 1 aliphatic rings. The number of anilines is 1. The maximum atomic E-state index is 13.1. The summed E-state index contributed by atoms with van der Waals surface area (Å²) in [6, 6.07) is 7.99. The highest BCUT2D eigenvalue weighted by molar-refractivity contribution is 7.99. The van der Waals surface area contributed by atoms with E-state index in [1.54, 1.807) is 27.9 Å². The molecule has 0 N–H and O–H groups in total. The third kappa shape index (κ3) is 4.12. The van der Waals surface area contributed by atoms with Crippen LogP contribution in [0.5, 0.6) is 0 Å². The molecule has 4 rings (SSSR count). The monoisotopic (exact) mass is 452 g/mol. The summed E-state index contributed by atoms with van der Waals surface area (Å²) in [7, 11) is 1.72. The number of amides is 1. The van der Waals surface area contributed by atoms with Crippen LogP contribution in [0.15, 0.2) is 28.2 Å². The lowest BCUT2D eigenvalue weighted by atomic mass is 10.1. The van der Waals surface area contributed by atoms with Crippen LogP contribution in [0.2, 0.25) is 0 Å². The molecule has 2 heterocycles. The van der Waals surface area contributed by atoms with Crippen molar-refractivity contribution < 1.29 is 4.79 Å². The van der Waals surface area contributed by atoms with Crippen LogP contribution in [-0.4, -0.2) is 27.8 Å². The maximum Gasteiger partial charge on any atom is 0.262 e. The first-order chi connectivity index (χ1) is 14.9. The molecule has 1 aliphatic carbocycles. The number of benzene rings is 1. The van der Waals surface area contributed by atoms with E-state index in [2.05, 4.69) is 6.07 Å². The van der Waals surface area contributed by atoms with Crippen LogP contribution in [0.1, 0.15) is 34.4 Å². The SMILES string of the molecule is Cc1ccc(N(CCC#N)C(=O)CSc2nc3sc4c(c3c(=O)n2C)CCC4)cc1C. The molecule has 0 bridgehead atoms. The number of aromatic nitrogens is 2. The van der Waals surface area contributed by atoms with E-state index in [1.165, 1.54) is 16.6 Å². The average molecular weight is 453 g/mol. The molecule has 0 aliphatic heterocycles. The normalized spacial score (nSPS) is 12.7. The van der Waals surface area contributed by atoms with Gasteiger partial charge in [0.05, 0.1) is 23.6 Å². The van der Waals surface area contributed by atoms with E-state index in [9.17, 15) is 9.59 Å². The predicted octanol–water partition coefficient (Wildman–Crippen LogP) is 4.14. The minimum Gasteiger partial charge on any atom is -0.311 e. The number of aryl methyl sites for hydroxylation is 4. The molecule has 0 saturated carbocycles. The van der Waals surface area contributed by atoms with Crippen LogP contribution in [0, 0.1) is 25.2 Å². The van der Waals surface area contributed by atoms with Gasteiger partial charge >= 0.3 is 0 Å². The second-order valence-corrected chi connectivity index (χ2v) is 9.83. The Bertz CT molecular complexity index is 1270. The molecule has 0 fully saturated rings. The van der Waals surface area contributed by atoms with Crippen LogP contribution in [0.3, 0.4) is 0 Å². The Labute approximate surface area is 189 Å². The number of carbonyl (C=O) groups is 1. The quantitative estimate of drug-likeness (QED) is 0.415. The predicted molar refractivity (Wildman–Crippen MR) is 126 cm³/mol. The summed E-state index contributed by atoms with van der Waals surface area (Å²) in [4.78, 5) is 34.5. The average Bonchev–Trinajstić information content (AvgIpc) is 3.33. The van der Waals surface area contributed by atoms with Crippen LogP contribution < -0.4 is 10.5 Å². The van der Waals surface area contributed by atoms with Crippen LogP contribution in [0.4, 0.5) is 5.69 Å². The molecule has 0 unspecified atom stereocenters. The lowest BCUT2D eigenvalue weighted by molar-refractivity contribution is -0.116. The van der Waals surface area contributed by atoms with E-state index in [-0.39, 0.29) is 23.6 Å². The van der Waals surface area contributed by atoms with Crippen molar-refractivity contribution in [2.24, 2.45) is 7.05 Å². The molecular weight excluding hydrogens is 428 g/mol. The molecule has 0 saturated heterocycles. The summed E-state index contributed by atoms with van der Waals surface area (Å²) in [5, 5.41) is 10.3. The van der Waals surface area contributed by atoms with E-state index < -0.39 is 0 Å². The Morgan fingerprint density at radius 3 is 2.87 bits per heavy atom. The Hall–Kier alpha value is -2.63. The van der Waals surface area contributed by atoms with Gasteiger partial charge in [-0.25, -0.2) is 4.98 Å². The lowest BCUT2D eigenvalue weighted by Gasteiger charge is -2.22. The topological polar surface area (TPSA) is 79.0 Å². The van der Waals surface area contributed by atoms with E-state index in [4.69, 9.17) is 10.2 Å². The number of thioether (sulfide) groups is 1. The third-order valence-corrected chi connectivity index (χ3v) is 7.98. The minimum atomic E-state index is -0.105. The highest BCUT2D eigenvalue weighted by atomic mass is 32.2. The molecule has 1 aromatic carbocycles. The molecule has 0 spiro atoms. The number of thiophene rings is 1. The first kappa shape index (κ1) is 21.6. The summed E-state index contributed by atoms with van der Waals surface area (Å²) in [6.45, 7) is 4.37. The summed E-state index contributed by atoms with van der Waals surface area (Å²) in [5.41, 5.74) is 4.17. The Balaban J connectivity index is 1.58. The fraction of sp³-hybridized carbons (Fsp3) is 0.391. The van der Waals surface area contributed by atoms with Gasteiger partial charge in [-0.2, -0.15) is 5.26 Å². The van der Waals surface area contributed by atoms with Gasteiger partial charge in [-0.15, -0.1) is 11.3 Å². The van der Waals surface area contributed by atoms with Gasteiger partial charge < -0.3 is 4.90 Å². The van der Waals surface area contributed by atoms with Gasteiger partial charge in [-0.05, 0) is 61.9 Å². The zero-order valence-electron chi connectivity index (χ0n) is 17.9. The number of nitrogens with zero attached hydrogens (tertiary/aromatic N) is 4. The smallest absolute Gasteiger partial charge is 0.262 e. The Morgan fingerprint density at radius 2 is 2.13 bits per heavy atom. The molecule has 8 heteroatoms. The van der Waals surface area contributed by atoms with E-state index in [0.29, 0.717) is 11.7 Å². The van der Waals surface area contributed by atoms with E-state index in [1.807, 2.05) is 32.0 Å². The fourth-order valence-electron chi connectivity index (χ4n) is 3.89. The largest absolute Gasteiger partial charge is 0.311 e. The number of rotatable bonds is 6. The lowest BCUT2D eigenvalue weighted by Crippen LogP contribution is -2.33. The van der Waals surface area contributed by atoms with Crippen molar-refractivity contribution in [3.8, 4) is 6.07 Å². The van der Waals surface area contributed by atoms with Crippen molar-refractivity contribution in [3.63, 3.8) is 0 Å². The zero-order valence-corrected chi connectivity index (χ0v) is 19.5. The fourth-order valence-corrected chi connectivity index (χ4v) is 6.04. The van der Waals surface area contributed by atoms with Gasteiger partial charge in [0, 0.05) is 24.2 Å². The van der Waals surface area contributed by atoms with Crippen molar-refractivity contribution >= 4 is 44.9 Å². The molecule has 3 aromatic rings. The van der Waals surface area contributed by atoms with Gasteiger partial charge in [0.2, 0.25) is 5.91 Å².